The Hall–Kier alpha value is -3.58. The summed E-state index contributed by atoms with van der Waals surface area (Å²) in [5.41, 5.74) is 1.51. The van der Waals surface area contributed by atoms with Gasteiger partial charge < -0.3 is 20.1 Å². The van der Waals surface area contributed by atoms with Crippen LogP contribution in [0.2, 0.25) is 0 Å². The molecule has 1 unspecified atom stereocenters. The van der Waals surface area contributed by atoms with Crippen LogP contribution in [-0.4, -0.2) is 25.0 Å². The highest BCUT2D eigenvalue weighted by Gasteiger charge is 2.19. The van der Waals surface area contributed by atoms with Crippen LogP contribution in [0.4, 0.5) is 0 Å². The zero-order chi connectivity index (χ0) is 23.6. The number of carbonyl (C=O) groups is 2. The van der Waals surface area contributed by atoms with Crippen LogP contribution in [0.15, 0.2) is 71.7 Å². The van der Waals surface area contributed by atoms with Crippen molar-refractivity contribution in [2.75, 3.05) is 13.2 Å². The van der Waals surface area contributed by atoms with Crippen LogP contribution < -0.4 is 20.1 Å². The highest BCUT2D eigenvalue weighted by molar-refractivity contribution is 7.10. The number of hydrogen-bond donors (Lipinski definition) is 2. The zero-order valence-corrected chi connectivity index (χ0v) is 19.8. The van der Waals surface area contributed by atoms with E-state index < -0.39 is 0 Å². The molecule has 6 nitrogen and oxygen atoms in total. The molecule has 172 valence electrons. The molecule has 0 fully saturated rings. The molecule has 2 amide bonds. The summed E-state index contributed by atoms with van der Waals surface area (Å²) in [7, 11) is 0. The monoisotopic (exact) mass is 464 g/mol. The second kappa shape index (κ2) is 11.9. The summed E-state index contributed by atoms with van der Waals surface area (Å²) in [6, 6.07) is 17.8. The summed E-state index contributed by atoms with van der Waals surface area (Å²) in [6.45, 7) is 6.74. The first-order valence-electron chi connectivity index (χ1n) is 10.8. The van der Waals surface area contributed by atoms with E-state index in [2.05, 4.69) is 10.6 Å². The van der Waals surface area contributed by atoms with Crippen molar-refractivity contribution in [1.29, 1.82) is 0 Å². The molecular formula is C26H28N2O4S. The summed E-state index contributed by atoms with van der Waals surface area (Å²) < 4.78 is 11.3. The van der Waals surface area contributed by atoms with Crippen LogP contribution in [0.1, 0.15) is 47.6 Å². The molecule has 0 bridgehead atoms. The number of nitrogens with one attached hydrogen (secondary N) is 2. The summed E-state index contributed by atoms with van der Waals surface area (Å²) in [5.74, 6) is 0.563. The Morgan fingerprint density at radius 3 is 2.36 bits per heavy atom. The van der Waals surface area contributed by atoms with E-state index in [0.29, 0.717) is 30.3 Å². The molecule has 2 aromatic carbocycles. The van der Waals surface area contributed by atoms with Gasteiger partial charge in [-0.05, 0) is 68.1 Å². The highest BCUT2D eigenvalue weighted by atomic mass is 32.1. The fourth-order valence-corrected chi connectivity index (χ4v) is 3.81. The van der Waals surface area contributed by atoms with Gasteiger partial charge in [-0.1, -0.05) is 30.3 Å². The van der Waals surface area contributed by atoms with E-state index in [9.17, 15) is 9.59 Å². The lowest BCUT2D eigenvalue weighted by Gasteiger charge is -2.19. The lowest BCUT2D eigenvalue weighted by molar-refractivity contribution is -0.118. The first kappa shape index (κ1) is 24.1. The van der Waals surface area contributed by atoms with Crippen LogP contribution in [0.3, 0.4) is 0 Å². The minimum Gasteiger partial charge on any atom is -0.490 e. The molecule has 0 saturated carbocycles. The molecule has 0 aliphatic rings. The van der Waals surface area contributed by atoms with Crippen LogP contribution >= 0.6 is 11.3 Å². The Balaban J connectivity index is 1.80. The smallest absolute Gasteiger partial charge is 0.268 e. The molecule has 33 heavy (non-hydrogen) atoms. The summed E-state index contributed by atoms with van der Waals surface area (Å²) in [4.78, 5) is 26.7. The van der Waals surface area contributed by atoms with E-state index in [1.54, 1.807) is 30.3 Å². The molecule has 1 aromatic heterocycles. The van der Waals surface area contributed by atoms with Gasteiger partial charge >= 0.3 is 0 Å². The molecule has 0 radical (unpaired) electrons. The van der Waals surface area contributed by atoms with Gasteiger partial charge in [0.05, 0.1) is 19.3 Å². The molecule has 7 heteroatoms. The molecule has 2 N–H and O–H groups in total. The molecule has 3 rings (SSSR count). The van der Waals surface area contributed by atoms with Crippen molar-refractivity contribution in [3.05, 3.63) is 87.7 Å². The summed E-state index contributed by atoms with van der Waals surface area (Å²) >= 11 is 1.48. The van der Waals surface area contributed by atoms with Gasteiger partial charge in [-0.3, -0.25) is 9.59 Å². The van der Waals surface area contributed by atoms with Gasteiger partial charge in [-0.25, -0.2) is 0 Å². The second-order valence-electron chi connectivity index (χ2n) is 7.16. The van der Waals surface area contributed by atoms with Gasteiger partial charge in [0.1, 0.15) is 5.70 Å². The third-order valence-electron chi connectivity index (χ3n) is 4.77. The normalized spacial score (nSPS) is 12.0. The van der Waals surface area contributed by atoms with Crippen LogP contribution in [0.5, 0.6) is 11.5 Å². The Labute approximate surface area is 198 Å². The molecule has 0 aliphatic carbocycles. The Bertz CT molecular complexity index is 1090. The number of ether oxygens (including phenoxy) is 2. The maximum Gasteiger partial charge on any atom is 0.268 e. The van der Waals surface area contributed by atoms with Crippen LogP contribution in [-0.2, 0) is 4.79 Å². The standard InChI is InChI=1S/C26H28N2O4S/c1-4-31-23-14-13-20(16-24(23)32-5-2)18(3)27-26(30)22(17-21-12-9-15-33-21)28-25(29)19-10-7-6-8-11-19/h6-18H,4-5H2,1-3H3,(H,27,30)(H,28,29)/b22-17-. The first-order chi connectivity index (χ1) is 16.0. The van der Waals surface area contributed by atoms with Gasteiger partial charge in [0.15, 0.2) is 11.5 Å². The van der Waals surface area contributed by atoms with Crippen molar-refractivity contribution in [3.63, 3.8) is 0 Å². The predicted octanol–water partition coefficient (Wildman–Crippen LogP) is 5.19. The van der Waals surface area contributed by atoms with E-state index in [4.69, 9.17) is 9.47 Å². The Morgan fingerprint density at radius 2 is 1.70 bits per heavy atom. The van der Waals surface area contributed by atoms with E-state index in [1.165, 1.54) is 11.3 Å². The lowest BCUT2D eigenvalue weighted by Crippen LogP contribution is -2.36. The quantitative estimate of drug-likeness (QED) is 0.405. The number of benzene rings is 2. The maximum absolute atomic E-state index is 13.2. The van der Waals surface area contributed by atoms with Crippen molar-refractivity contribution in [2.24, 2.45) is 0 Å². The molecule has 0 aliphatic heterocycles. The fraction of sp³-hybridized carbons (Fsp3) is 0.231. The van der Waals surface area contributed by atoms with Crippen molar-refractivity contribution in [3.8, 4) is 11.5 Å². The highest BCUT2D eigenvalue weighted by Crippen LogP contribution is 2.30. The number of carbonyl (C=O) groups excluding carboxylic acids is 2. The second-order valence-corrected chi connectivity index (χ2v) is 8.14. The number of thiophene rings is 1. The topological polar surface area (TPSA) is 76.7 Å². The molecule has 3 aromatic rings. The largest absolute Gasteiger partial charge is 0.490 e. The fourth-order valence-electron chi connectivity index (χ4n) is 3.15. The average Bonchev–Trinajstić information content (AvgIpc) is 3.33. The van der Waals surface area contributed by atoms with Crippen molar-refractivity contribution < 1.29 is 19.1 Å². The number of amides is 2. The third kappa shape index (κ3) is 6.70. The van der Waals surface area contributed by atoms with Crippen molar-refractivity contribution in [2.45, 2.75) is 26.8 Å². The Morgan fingerprint density at radius 1 is 0.970 bits per heavy atom. The SMILES string of the molecule is CCOc1ccc(C(C)NC(=O)/C(=C/c2cccs2)NC(=O)c2ccccc2)cc1OCC. The number of hydrogen-bond acceptors (Lipinski definition) is 5. The van der Waals surface area contributed by atoms with E-state index in [0.717, 1.165) is 10.4 Å². The summed E-state index contributed by atoms with van der Waals surface area (Å²) in [6.07, 6.45) is 1.68. The van der Waals surface area contributed by atoms with Gasteiger partial charge in [-0.2, -0.15) is 0 Å². The number of rotatable bonds is 10. The van der Waals surface area contributed by atoms with E-state index in [1.807, 2.05) is 62.5 Å². The third-order valence-corrected chi connectivity index (χ3v) is 5.59. The van der Waals surface area contributed by atoms with E-state index in [-0.39, 0.29) is 23.6 Å². The maximum atomic E-state index is 13.2. The summed E-state index contributed by atoms with van der Waals surface area (Å²) in [5, 5.41) is 7.65. The zero-order valence-electron chi connectivity index (χ0n) is 19.0. The van der Waals surface area contributed by atoms with Gasteiger partial charge in [0.25, 0.3) is 11.8 Å². The van der Waals surface area contributed by atoms with Gasteiger partial charge in [-0.15, -0.1) is 11.3 Å². The first-order valence-corrected chi connectivity index (χ1v) is 11.7. The van der Waals surface area contributed by atoms with E-state index >= 15 is 0 Å². The molecule has 1 heterocycles. The Kier molecular flexibility index (Phi) is 8.66. The van der Waals surface area contributed by atoms with Crippen molar-refractivity contribution >= 4 is 29.2 Å². The van der Waals surface area contributed by atoms with Crippen molar-refractivity contribution in [1.82, 2.24) is 10.6 Å². The molecular weight excluding hydrogens is 436 g/mol. The van der Waals surface area contributed by atoms with Gasteiger partial charge in [0.2, 0.25) is 0 Å². The van der Waals surface area contributed by atoms with Crippen LogP contribution in [0, 0.1) is 0 Å². The van der Waals surface area contributed by atoms with Crippen LogP contribution in [0.25, 0.3) is 6.08 Å². The molecule has 0 saturated heterocycles. The minimum atomic E-state index is -0.382. The predicted molar refractivity (Wildman–Crippen MR) is 132 cm³/mol. The average molecular weight is 465 g/mol. The minimum absolute atomic E-state index is 0.175. The molecule has 0 spiro atoms. The lowest BCUT2D eigenvalue weighted by atomic mass is 10.1. The molecule has 1 atom stereocenters. The van der Waals surface area contributed by atoms with Gasteiger partial charge in [0, 0.05) is 10.4 Å².